The summed E-state index contributed by atoms with van der Waals surface area (Å²) in [5.74, 6) is -0.0729. The Morgan fingerprint density at radius 1 is 1.12 bits per heavy atom. The number of para-hydroxylation sites is 1. The Hall–Kier alpha value is -2.90. The van der Waals surface area contributed by atoms with E-state index in [4.69, 9.17) is 0 Å². The molecule has 3 rings (SSSR count). The highest BCUT2D eigenvalue weighted by Crippen LogP contribution is 2.27. The Morgan fingerprint density at radius 2 is 1.92 bits per heavy atom. The molecule has 0 spiro atoms. The lowest BCUT2D eigenvalue weighted by atomic mass is 10.2. The number of halogens is 3. The van der Waals surface area contributed by atoms with Gasteiger partial charge < -0.3 is 5.32 Å². The first kappa shape index (κ1) is 16.0. The van der Waals surface area contributed by atoms with E-state index in [1.807, 2.05) is 43.5 Å². The summed E-state index contributed by atoms with van der Waals surface area (Å²) in [5.41, 5.74) is 1.60. The first-order valence-electron chi connectivity index (χ1n) is 7.18. The quantitative estimate of drug-likeness (QED) is 0.792. The number of hydrogen-bond acceptors (Lipinski definition) is 4. The first-order valence-corrected chi connectivity index (χ1v) is 7.18. The molecule has 5 nitrogen and oxygen atoms in total. The zero-order valence-electron chi connectivity index (χ0n) is 12.7. The van der Waals surface area contributed by atoms with Gasteiger partial charge >= 0.3 is 6.18 Å². The van der Waals surface area contributed by atoms with Crippen LogP contribution in [0.3, 0.4) is 0 Å². The minimum Gasteiger partial charge on any atom is -0.350 e. The third-order valence-electron chi connectivity index (χ3n) is 3.34. The van der Waals surface area contributed by atoms with Crippen LogP contribution in [0.1, 0.15) is 17.0 Å². The number of aromatic nitrogens is 4. The number of rotatable bonds is 4. The summed E-state index contributed by atoms with van der Waals surface area (Å²) < 4.78 is 39.8. The predicted molar refractivity (Wildman–Crippen MR) is 82.7 cm³/mol. The minimum atomic E-state index is -4.50. The highest BCUT2D eigenvalue weighted by Gasteiger charge is 2.32. The zero-order chi connectivity index (χ0) is 17.2. The van der Waals surface area contributed by atoms with Crippen LogP contribution in [0.25, 0.3) is 5.69 Å². The van der Waals surface area contributed by atoms with Crippen molar-refractivity contribution in [2.24, 2.45) is 0 Å². The van der Waals surface area contributed by atoms with Crippen LogP contribution in [0, 0.1) is 6.92 Å². The topological polar surface area (TPSA) is 55.6 Å². The maximum atomic E-state index is 12.7. The largest absolute Gasteiger partial charge is 0.433 e. The van der Waals surface area contributed by atoms with Gasteiger partial charge in [0.25, 0.3) is 0 Å². The van der Waals surface area contributed by atoms with Crippen molar-refractivity contribution in [2.45, 2.75) is 19.6 Å². The molecule has 124 valence electrons. The fourth-order valence-electron chi connectivity index (χ4n) is 2.21. The van der Waals surface area contributed by atoms with Crippen molar-refractivity contribution in [1.82, 2.24) is 19.7 Å². The van der Waals surface area contributed by atoms with Gasteiger partial charge in [0.2, 0.25) is 5.95 Å². The summed E-state index contributed by atoms with van der Waals surface area (Å²) >= 11 is 0. The molecule has 1 N–H and O–H groups in total. The molecule has 1 aromatic carbocycles. The smallest absolute Gasteiger partial charge is 0.350 e. The molecule has 0 atom stereocenters. The lowest BCUT2D eigenvalue weighted by molar-refractivity contribution is -0.141. The van der Waals surface area contributed by atoms with E-state index in [0.717, 1.165) is 29.2 Å². The van der Waals surface area contributed by atoms with E-state index in [1.54, 1.807) is 4.68 Å². The van der Waals surface area contributed by atoms with Crippen LogP contribution in [-0.4, -0.2) is 19.7 Å². The zero-order valence-corrected chi connectivity index (χ0v) is 12.7. The first-order chi connectivity index (χ1) is 11.4. The molecular formula is C16H14F3N5. The number of anilines is 1. The number of nitrogens with one attached hydrogen (secondary N) is 1. The van der Waals surface area contributed by atoms with Crippen LogP contribution in [-0.2, 0) is 12.7 Å². The number of aryl methyl sites for hydroxylation is 1. The van der Waals surface area contributed by atoms with Crippen LogP contribution < -0.4 is 5.32 Å². The third-order valence-corrected chi connectivity index (χ3v) is 3.34. The molecule has 3 aromatic rings. The Bertz CT molecular complexity index is 841. The standard InChI is InChI=1S/C16H14F3N5/c1-11-7-9-24(23-11)13-5-3-2-4-12(13)10-21-15-20-8-6-14(22-15)16(17,18)19/h2-9H,10H2,1H3,(H,20,21,22). The Kier molecular flexibility index (Phi) is 4.20. The van der Waals surface area contributed by atoms with Crippen LogP contribution >= 0.6 is 0 Å². The van der Waals surface area contributed by atoms with Gasteiger partial charge in [-0.05, 0) is 30.7 Å². The van der Waals surface area contributed by atoms with E-state index < -0.39 is 11.9 Å². The van der Waals surface area contributed by atoms with Crippen LogP contribution in [0.4, 0.5) is 19.1 Å². The molecule has 0 bridgehead atoms. The summed E-state index contributed by atoms with van der Waals surface area (Å²) in [4.78, 5) is 7.33. The van der Waals surface area contributed by atoms with E-state index in [0.29, 0.717) is 0 Å². The van der Waals surface area contributed by atoms with Crippen molar-refractivity contribution < 1.29 is 13.2 Å². The third kappa shape index (κ3) is 3.53. The van der Waals surface area contributed by atoms with Gasteiger partial charge in [-0.2, -0.15) is 18.3 Å². The fourth-order valence-corrected chi connectivity index (χ4v) is 2.21. The van der Waals surface area contributed by atoms with Gasteiger partial charge in [-0.15, -0.1) is 0 Å². The van der Waals surface area contributed by atoms with Gasteiger partial charge in [0.05, 0.1) is 11.4 Å². The van der Waals surface area contributed by atoms with E-state index in [2.05, 4.69) is 20.4 Å². The molecule has 0 saturated carbocycles. The summed E-state index contributed by atoms with van der Waals surface area (Å²) in [6, 6.07) is 10.2. The second kappa shape index (κ2) is 6.31. The van der Waals surface area contributed by atoms with Crippen molar-refractivity contribution in [3.63, 3.8) is 0 Å². The van der Waals surface area contributed by atoms with E-state index in [9.17, 15) is 13.2 Å². The minimum absolute atomic E-state index is 0.0729. The van der Waals surface area contributed by atoms with E-state index >= 15 is 0 Å². The van der Waals surface area contributed by atoms with Crippen molar-refractivity contribution >= 4 is 5.95 Å². The highest BCUT2D eigenvalue weighted by molar-refractivity contribution is 5.42. The van der Waals surface area contributed by atoms with Gasteiger partial charge in [-0.25, -0.2) is 14.6 Å². The van der Waals surface area contributed by atoms with Gasteiger partial charge in [-0.1, -0.05) is 18.2 Å². The van der Waals surface area contributed by atoms with Crippen LogP contribution in [0.2, 0.25) is 0 Å². The van der Waals surface area contributed by atoms with Gasteiger partial charge in [-0.3, -0.25) is 0 Å². The molecule has 24 heavy (non-hydrogen) atoms. The summed E-state index contributed by atoms with van der Waals surface area (Å²) in [5, 5.41) is 7.18. The molecule has 0 saturated heterocycles. The number of nitrogens with zero attached hydrogens (tertiary/aromatic N) is 4. The highest BCUT2D eigenvalue weighted by atomic mass is 19.4. The van der Waals surface area contributed by atoms with Gasteiger partial charge in [0.1, 0.15) is 5.69 Å². The SMILES string of the molecule is Cc1ccn(-c2ccccc2CNc2nccc(C(F)(F)F)n2)n1. The van der Waals surface area contributed by atoms with Crippen LogP contribution in [0.15, 0.2) is 48.8 Å². The van der Waals surface area contributed by atoms with E-state index in [-0.39, 0.29) is 12.5 Å². The average Bonchev–Trinajstić information content (AvgIpc) is 2.99. The number of hydrogen-bond donors (Lipinski definition) is 1. The number of benzene rings is 1. The predicted octanol–water partition coefficient (Wildman–Crippen LogP) is 3.60. The Morgan fingerprint density at radius 3 is 2.62 bits per heavy atom. The van der Waals surface area contributed by atoms with Crippen molar-refractivity contribution in [2.75, 3.05) is 5.32 Å². The maximum Gasteiger partial charge on any atom is 0.433 e. The summed E-state index contributed by atoms with van der Waals surface area (Å²) in [6.07, 6.45) is -1.58. The summed E-state index contributed by atoms with van der Waals surface area (Å²) in [6.45, 7) is 2.16. The Balaban J connectivity index is 1.81. The fraction of sp³-hybridized carbons (Fsp3) is 0.188. The second-order valence-corrected chi connectivity index (χ2v) is 5.15. The molecule has 0 aliphatic carbocycles. The molecule has 0 fully saturated rings. The molecule has 8 heteroatoms. The van der Waals surface area contributed by atoms with Gasteiger partial charge in [0.15, 0.2) is 0 Å². The average molecular weight is 333 g/mol. The molecule has 2 heterocycles. The van der Waals surface area contributed by atoms with Crippen molar-refractivity contribution in [3.05, 3.63) is 65.7 Å². The van der Waals surface area contributed by atoms with E-state index in [1.165, 1.54) is 0 Å². The molecule has 0 aliphatic rings. The Labute approximate surface area is 136 Å². The molecular weight excluding hydrogens is 319 g/mol. The lowest BCUT2D eigenvalue weighted by Crippen LogP contribution is -2.12. The molecule has 0 aliphatic heterocycles. The van der Waals surface area contributed by atoms with Gasteiger partial charge in [0, 0.05) is 18.9 Å². The molecule has 0 unspecified atom stereocenters. The molecule has 0 amide bonds. The monoisotopic (exact) mass is 333 g/mol. The number of alkyl halides is 3. The van der Waals surface area contributed by atoms with Crippen molar-refractivity contribution in [3.8, 4) is 5.69 Å². The normalized spacial score (nSPS) is 11.5. The molecule has 2 aromatic heterocycles. The summed E-state index contributed by atoms with van der Waals surface area (Å²) in [7, 11) is 0. The molecule has 0 radical (unpaired) electrons. The van der Waals surface area contributed by atoms with Crippen molar-refractivity contribution in [1.29, 1.82) is 0 Å². The second-order valence-electron chi connectivity index (χ2n) is 5.15. The lowest BCUT2D eigenvalue weighted by Gasteiger charge is -2.11. The maximum absolute atomic E-state index is 12.7. The van der Waals surface area contributed by atoms with Crippen LogP contribution in [0.5, 0.6) is 0 Å².